The Morgan fingerprint density at radius 2 is 2.09 bits per heavy atom. The summed E-state index contributed by atoms with van der Waals surface area (Å²) in [7, 11) is 0. The molecule has 3 rings (SSSR count). The van der Waals surface area contributed by atoms with Crippen molar-refractivity contribution in [2.24, 2.45) is 11.8 Å². The Hall–Kier alpha value is -2.63. The van der Waals surface area contributed by atoms with Gasteiger partial charge < -0.3 is 14.8 Å². The van der Waals surface area contributed by atoms with Gasteiger partial charge in [0, 0.05) is 17.2 Å². The minimum Gasteiger partial charge on any atom is -0.481 e. The van der Waals surface area contributed by atoms with Crippen LogP contribution in [0, 0.1) is 18.8 Å². The van der Waals surface area contributed by atoms with Gasteiger partial charge in [-0.25, -0.2) is 4.98 Å². The van der Waals surface area contributed by atoms with Gasteiger partial charge in [0.15, 0.2) is 0 Å². The molecule has 120 valence electrons. The minimum atomic E-state index is -0.817. The van der Waals surface area contributed by atoms with Gasteiger partial charge in [0.2, 0.25) is 11.8 Å². The molecule has 1 aliphatic carbocycles. The molecule has 0 saturated heterocycles. The maximum Gasteiger partial charge on any atom is 0.306 e. The molecule has 1 aromatic heterocycles. The molecule has 0 bridgehead atoms. The summed E-state index contributed by atoms with van der Waals surface area (Å²) < 4.78 is 5.27. The fourth-order valence-corrected chi connectivity index (χ4v) is 2.93. The molecule has 0 spiro atoms. The van der Waals surface area contributed by atoms with Crippen LogP contribution >= 0.6 is 0 Å². The van der Waals surface area contributed by atoms with E-state index in [1.807, 2.05) is 25.1 Å². The van der Waals surface area contributed by atoms with Crippen LogP contribution in [0.4, 0.5) is 5.69 Å². The average Bonchev–Trinajstić information content (AvgIpc) is 3.21. The van der Waals surface area contributed by atoms with Crippen molar-refractivity contribution in [1.82, 2.24) is 4.98 Å². The van der Waals surface area contributed by atoms with E-state index in [4.69, 9.17) is 9.52 Å². The number of aliphatic carboxylic acids is 1. The number of hydrogen-bond donors (Lipinski definition) is 2. The zero-order valence-corrected chi connectivity index (χ0v) is 12.8. The lowest BCUT2D eigenvalue weighted by Crippen LogP contribution is -2.22. The van der Waals surface area contributed by atoms with Crippen LogP contribution in [0.25, 0.3) is 11.5 Å². The molecule has 1 aromatic carbocycles. The highest BCUT2D eigenvalue weighted by atomic mass is 16.4. The van der Waals surface area contributed by atoms with Crippen molar-refractivity contribution in [2.45, 2.75) is 26.2 Å². The Bertz CT molecular complexity index is 724. The maximum atomic E-state index is 12.4. The molecule has 6 heteroatoms. The van der Waals surface area contributed by atoms with Crippen LogP contribution in [0.2, 0.25) is 0 Å². The van der Waals surface area contributed by atoms with Gasteiger partial charge in [0.1, 0.15) is 6.26 Å². The molecule has 6 nitrogen and oxygen atoms in total. The lowest BCUT2D eigenvalue weighted by atomic mass is 10.0. The van der Waals surface area contributed by atoms with Gasteiger partial charge in [-0.15, -0.1) is 0 Å². The topological polar surface area (TPSA) is 92.4 Å². The van der Waals surface area contributed by atoms with Crippen LogP contribution < -0.4 is 5.32 Å². The molecule has 0 aliphatic heterocycles. The van der Waals surface area contributed by atoms with E-state index in [0.29, 0.717) is 30.8 Å². The molecule has 2 N–H and O–H groups in total. The van der Waals surface area contributed by atoms with E-state index in [1.165, 1.54) is 6.26 Å². The first-order chi connectivity index (χ1) is 11.0. The van der Waals surface area contributed by atoms with Gasteiger partial charge in [0.25, 0.3) is 0 Å². The molecule has 23 heavy (non-hydrogen) atoms. The second kappa shape index (κ2) is 6.24. The van der Waals surface area contributed by atoms with Crippen LogP contribution in [-0.2, 0) is 9.59 Å². The van der Waals surface area contributed by atoms with E-state index in [9.17, 15) is 9.59 Å². The van der Waals surface area contributed by atoms with E-state index < -0.39 is 11.9 Å². The molecule has 1 fully saturated rings. The van der Waals surface area contributed by atoms with Crippen molar-refractivity contribution < 1.29 is 19.1 Å². The average molecular weight is 314 g/mol. The third-order valence-corrected chi connectivity index (χ3v) is 4.33. The van der Waals surface area contributed by atoms with Gasteiger partial charge >= 0.3 is 5.97 Å². The highest BCUT2D eigenvalue weighted by Gasteiger charge is 2.33. The molecule has 1 saturated carbocycles. The summed E-state index contributed by atoms with van der Waals surface area (Å²) in [5.74, 6) is -1.11. The summed E-state index contributed by atoms with van der Waals surface area (Å²) in [4.78, 5) is 27.5. The number of nitrogens with zero attached hydrogens (tertiary/aromatic N) is 1. The Balaban J connectivity index is 1.74. The minimum absolute atomic E-state index is 0.124. The van der Waals surface area contributed by atoms with Crippen LogP contribution in [0.15, 0.2) is 35.1 Å². The zero-order chi connectivity index (χ0) is 16.4. The number of oxazole rings is 1. The van der Waals surface area contributed by atoms with Crippen molar-refractivity contribution in [3.05, 3.63) is 36.2 Å². The summed E-state index contributed by atoms with van der Waals surface area (Å²) in [6.07, 6.45) is 4.64. The van der Waals surface area contributed by atoms with E-state index >= 15 is 0 Å². The molecule has 0 radical (unpaired) electrons. The number of rotatable bonds is 4. The third-order valence-electron chi connectivity index (χ3n) is 4.33. The SMILES string of the molecule is Cc1ccc(-c2ncco2)cc1NC(=O)[C@@H]1CC[C@H](C(=O)O)C1. The number of amides is 1. The summed E-state index contributed by atoms with van der Waals surface area (Å²) in [5, 5.41) is 12.0. The van der Waals surface area contributed by atoms with Crippen molar-refractivity contribution in [2.75, 3.05) is 5.32 Å². The standard InChI is InChI=1S/C17H18N2O4/c1-10-2-3-12(16-18-6-7-23-16)9-14(10)19-15(20)11-4-5-13(8-11)17(21)22/h2-3,6-7,9,11,13H,4-5,8H2,1H3,(H,19,20)(H,21,22)/t11-,13+/m1/s1. The van der Waals surface area contributed by atoms with Gasteiger partial charge in [-0.3, -0.25) is 9.59 Å². The lowest BCUT2D eigenvalue weighted by Gasteiger charge is -2.13. The molecule has 2 atom stereocenters. The van der Waals surface area contributed by atoms with Crippen molar-refractivity contribution >= 4 is 17.6 Å². The monoisotopic (exact) mass is 314 g/mol. The number of anilines is 1. The molecule has 1 aliphatic rings. The number of aryl methyl sites for hydroxylation is 1. The normalized spacial score (nSPS) is 20.4. The van der Waals surface area contributed by atoms with Gasteiger partial charge in [-0.2, -0.15) is 0 Å². The van der Waals surface area contributed by atoms with Gasteiger partial charge in [0.05, 0.1) is 12.1 Å². The summed E-state index contributed by atoms with van der Waals surface area (Å²) in [5.41, 5.74) is 2.41. The second-order valence-electron chi connectivity index (χ2n) is 5.90. The number of carboxylic acids is 1. The third kappa shape index (κ3) is 3.26. The fraction of sp³-hybridized carbons (Fsp3) is 0.353. The summed E-state index contributed by atoms with van der Waals surface area (Å²) in [6, 6.07) is 5.60. The Labute approximate surface area is 133 Å². The van der Waals surface area contributed by atoms with Gasteiger partial charge in [-0.05, 0) is 43.9 Å². The molecule has 2 aromatic rings. The lowest BCUT2D eigenvalue weighted by molar-refractivity contribution is -0.141. The first-order valence-electron chi connectivity index (χ1n) is 7.59. The Kier molecular flexibility index (Phi) is 4.14. The molecule has 1 heterocycles. The van der Waals surface area contributed by atoms with E-state index in [2.05, 4.69) is 10.3 Å². The maximum absolute atomic E-state index is 12.4. The Morgan fingerprint density at radius 3 is 2.74 bits per heavy atom. The van der Waals surface area contributed by atoms with Crippen LogP contribution in [0.5, 0.6) is 0 Å². The number of nitrogens with one attached hydrogen (secondary N) is 1. The summed E-state index contributed by atoms with van der Waals surface area (Å²) in [6.45, 7) is 1.91. The number of carbonyl (C=O) groups excluding carboxylic acids is 1. The number of hydrogen-bond acceptors (Lipinski definition) is 4. The highest BCUT2D eigenvalue weighted by molar-refractivity contribution is 5.94. The molecular formula is C17H18N2O4. The predicted molar refractivity (Wildman–Crippen MR) is 83.8 cm³/mol. The molecule has 1 amide bonds. The summed E-state index contributed by atoms with van der Waals surface area (Å²) >= 11 is 0. The van der Waals surface area contributed by atoms with E-state index in [0.717, 1.165) is 11.1 Å². The van der Waals surface area contributed by atoms with E-state index in [1.54, 1.807) is 6.20 Å². The fourth-order valence-electron chi connectivity index (χ4n) is 2.93. The highest BCUT2D eigenvalue weighted by Crippen LogP contribution is 2.32. The second-order valence-corrected chi connectivity index (χ2v) is 5.90. The first-order valence-corrected chi connectivity index (χ1v) is 7.59. The smallest absolute Gasteiger partial charge is 0.306 e. The van der Waals surface area contributed by atoms with Crippen molar-refractivity contribution in [1.29, 1.82) is 0 Å². The largest absolute Gasteiger partial charge is 0.481 e. The van der Waals surface area contributed by atoms with Gasteiger partial charge in [-0.1, -0.05) is 6.07 Å². The first kappa shape index (κ1) is 15.3. The van der Waals surface area contributed by atoms with Crippen molar-refractivity contribution in [3.8, 4) is 11.5 Å². The number of benzene rings is 1. The molecular weight excluding hydrogens is 296 g/mol. The van der Waals surface area contributed by atoms with Crippen LogP contribution in [0.3, 0.4) is 0 Å². The predicted octanol–water partition coefficient (Wildman–Crippen LogP) is 3.09. The molecule has 0 unspecified atom stereocenters. The zero-order valence-electron chi connectivity index (χ0n) is 12.8. The number of carbonyl (C=O) groups is 2. The Morgan fingerprint density at radius 1 is 1.30 bits per heavy atom. The van der Waals surface area contributed by atoms with Crippen LogP contribution in [0.1, 0.15) is 24.8 Å². The quantitative estimate of drug-likeness (QED) is 0.904. The van der Waals surface area contributed by atoms with E-state index in [-0.39, 0.29) is 11.8 Å². The number of aromatic nitrogens is 1. The number of carboxylic acid groups (broad SMARTS) is 1. The van der Waals surface area contributed by atoms with Crippen molar-refractivity contribution in [3.63, 3.8) is 0 Å². The van der Waals surface area contributed by atoms with Crippen LogP contribution in [-0.4, -0.2) is 22.0 Å².